The molecule has 3 rings (SSSR count). The van der Waals surface area contributed by atoms with Crippen molar-refractivity contribution >= 4 is 5.97 Å². The van der Waals surface area contributed by atoms with Gasteiger partial charge in [-0.3, -0.25) is 0 Å². The monoisotopic (exact) mass is 349 g/mol. The summed E-state index contributed by atoms with van der Waals surface area (Å²) in [6.07, 6.45) is 0. The van der Waals surface area contributed by atoms with Gasteiger partial charge in [-0.1, -0.05) is 72.8 Å². The summed E-state index contributed by atoms with van der Waals surface area (Å²) in [5, 5.41) is 0. The van der Waals surface area contributed by atoms with Gasteiger partial charge in [0.15, 0.2) is 0 Å². The Morgan fingerprint density at radius 1 is 1.00 bits per heavy atom. The van der Waals surface area contributed by atoms with E-state index < -0.39 is 11.9 Å². The maximum Gasteiger partial charge on any atom is 0.331 e. The van der Waals surface area contributed by atoms with Crippen LogP contribution in [-0.4, -0.2) is 5.97 Å². The SMILES string of the molecule is C[C@H](C(=O)ONCc1ccccc1)c1ccc(-c2ccccc2)c(F)c1. The van der Waals surface area contributed by atoms with Crippen LogP contribution in [0.2, 0.25) is 0 Å². The quantitative estimate of drug-likeness (QED) is 0.647. The van der Waals surface area contributed by atoms with E-state index in [4.69, 9.17) is 4.84 Å². The maximum atomic E-state index is 14.5. The van der Waals surface area contributed by atoms with Crippen molar-refractivity contribution < 1.29 is 14.0 Å². The average Bonchev–Trinajstić information content (AvgIpc) is 2.68. The molecule has 0 aliphatic carbocycles. The molecule has 0 saturated carbocycles. The molecule has 1 N–H and O–H groups in total. The van der Waals surface area contributed by atoms with Gasteiger partial charge in [0.05, 0.1) is 12.5 Å². The van der Waals surface area contributed by atoms with Gasteiger partial charge in [0.25, 0.3) is 0 Å². The number of benzene rings is 3. The fourth-order valence-corrected chi connectivity index (χ4v) is 2.66. The van der Waals surface area contributed by atoms with E-state index in [1.165, 1.54) is 6.07 Å². The van der Waals surface area contributed by atoms with E-state index in [-0.39, 0.29) is 5.82 Å². The third-order valence-corrected chi connectivity index (χ3v) is 4.22. The van der Waals surface area contributed by atoms with E-state index in [0.29, 0.717) is 17.7 Å². The molecule has 26 heavy (non-hydrogen) atoms. The molecule has 0 unspecified atom stereocenters. The number of rotatable bonds is 6. The van der Waals surface area contributed by atoms with Crippen molar-refractivity contribution in [3.05, 3.63) is 95.8 Å². The largest absolute Gasteiger partial charge is 0.370 e. The zero-order chi connectivity index (χ0) is 18.4. The molecule has 3 aromatic carbocycles. The van der Waals surface area contributed by atoms with Crippen molar-refractivity contribution in [1.82, 2.24) is 5.48 Å². The highest BCUT2D eigenvalue weighted by molar-refractivity contribution is 5.78. The number of hydrogen-bond donors (Lipinski definition) is 1. The Kier molecular flexibility index (Phi) is 5.77. The van der Waals surface area contributed by atoms with Crippen LogP contribution in [0.5, 0.6) is 0 Å². The number of carbonyl (C=O) groups excluding carboxylic acids is 1. The first-order chi connectivity index (χ1) is 12.6. The average molecular weight is 349 g/mol. The van der Waals surface area contributed by atoms with Crippen molar-refractivity contribution in [2.45, 2.75) is 19.4 Å². The smallest absolute Gasteiger partial charge is 0.331 e. The van der Waals surface area contributed by atoms with Gasteiger partial charge in [0.1, 0.15) is 5.82 Å². The molecule has 0 amide bonds. The van der Waals surface area contributed by atoms with Crippen molar-refractivity contribution in [1.29, 1.82) is 0 Å². The van der Waals surface area contributed by atoms with Gasteiger partial charge in [-0.2, -0.15) is 0 Å². The van der Waals surface area contributed by atoms with Gasteiger partial charge in [0.2, 0.25) is 0 Å². The second-order valence-electron chi connectivity index (χ2n) is 6.05. The van der Waals surface area contributed by atoms with Crippen molar-refractivity contribution in [2.24, 2.45) is 0 Å². The van der Waals surface area contributed by atoms with Crippen LogP contribution in [0.4, 0.5) is 4.39 Å². The molecule has 3 aromatic rings. The maximum absolute atomic E-state index is 14.5. The zero-order valence-electron chi connectivity index (χ0n) is 14.5. The molecule has 0 aliphatic rings. The molecule has 0 aliphatic heterocycles. The molecule has 1 atom stereocenters. The van der Waals surface area contributed by atoms with Crippen LogP contribution in [0.15, 0.2) is 78.9 Å². The van der Waals surface area contributed by atoms with E-state index in [0.717, 1.165) is 11.1 Å². The van der Waals surface area contributed by atoms with Gasteiger partial charge < -0.3 is 4.84 Å². The summed E-state index contributed by atoms with van der Waals surface area (Å²) in [5.41, 5.74) is 5.56. The van der Waals surface area contributed by atoms with E-state index >= 15 is 0 Å². The number of hydroxylamine groups is 1. The summed E-state index contributed by atoms with van der Waals surface area (Å²) >= 11 is 0. The molecule has 0 saturated heterocycles. The summed E-state index contributed by atoms with van der Waals surface area (Å²) < 4.78 is 14.5. The Bertz CT molecular complexity index is 866. The minimum Gasteiger partial charge on any atom is -0.370 e. The Hall–Kier alpha value is -2.98. The number of carbonyl (C=O) groups is 1. The summed E-state index contributed by atoms with van der Waals surface area (Å²) in [7, 11) is 0. The summed E-state index contributed by atoms with van der Waals surface area (Å²) in [5.74, 6) is -1.38. The highest BCUT2D eigenvalue weighted by Gasteiger charge is 2.19. The van der Waals surface area contributed by atoms with Gasteiger partial charge in [0, 0.05) is 5.56 Å². The van der Waals surface area contributed by atoms with Crippen LogP contribution in [0.3, 0.4) is 0 Å². The fourth-order valence-electron chi connectivity index (χ4n) is 2.66. The normalized spacial score (nSPS) is 11.8. The van der Waals surface area contributed by atoms with Crippen molar-refractivity contribution in [2.75, 3.05) is 0 Å². The standard InChI is InChI=1S/C22H20FNO2/c1-16(22(25)26-24-15-17-8-4-2-5-9-17)19-12-13-20(21(23)14-19)18-10-6-3-7-11-18/h2-14,16,24H,15H2,1H3/t16-/m0/s1. The second-order valence-corrected chi connectivity index (χ2v) is 6.05. The van der Waals surface area contributed by atoms with E-state index in [1.807, 2.05) is 60.7 Å². The Morgan fingerprint density at radius 3 is 2.31 bits per heavy atom. The molecule has 4 heteroatoms. The summed E-state index contributed by atoms with van der Waals surface area (Å²) in [6.45, 7) is 2.12. The van der Waals surface area contributed by atoms with Crippen LogP contribution in [0.1, 0.15) is 24.0 Å². The van der Waals surface area contributed by atoms with Crippen LogP contribution in [0, 0.1) is 5.82 Å². The van der Waals surface area contributed by atoms with E-state index in [2.05, 4.69) is 5.48 Å². The summed E-state index contributed by atoms with van der Waals surface area (Å²) in [4.78, 5) is 17.3. The number of halogens is 1. The molecule has 0 aromatic heterocycles. The fraction of sp³-hybridized carbons (Fsp3) is 0.136. The third-order valence-electron chi connectivity index (χ3n) is 4.22. The molecule has 0 bridgehead atoms. The Balaban J connectivity index is 1.63. The van der Waals surface area contributed by atoms with Gasteiger partial charge in [-0.25, -0.2) is 9.18 Å². The van der Waals surface area contributed by atoms with Gasteiger partial charge in [-0.15, -0.1) is 5.48 Å². The molecule has 0 spiro atoms. The highest BCUT2D eigenvalue weighted by atomic mass is 19.1. The van der Waals surface area contributed by atoms with Crippen LogP contribution < -0.4 is 5.48 Å². The minimum atomic E-state index is -0.572. The van der Waals surface area contributed by atoms with Crippen LogP contribution in [-0.2, 0) is 16.2 Å². The van der Waals surface area contributed by atoms with Crippen molar-refractivity contribution in [3.63, 3.8) is 0 Å². The van der Waals surface area contributed by atoms with Crippen LogP contribution >= 0.6 is 0 Å². The predicted octanol–water partition coefficient (Wildman–Crippen LogP) is 4.84. The van der Waals surface area contributed by atoms with Crippen LogP contribution in [0.25, 0.3) is 11.1 Å². The number of hydrogen-bond acceptors (Lipinski definition) is 3. The second kappa shape index (κ2) is 8.41. The molecular formula is C22H20FNO2. The molecule has 0 radical (unpaired) electrons. The Morgan fingerprint density at radius 2 is 1.65 bits per heavy atom. The molecule has 3 nitrogen and oxygen atoms in total. The zero-order valence-corrected chi connectivity index (χ0v) is 14.5. The number of nitrogens with one attached hydrogen (secondary N) is 1. The minimum absolute atomic E-state index is 0.356. The molecular weight excluding hydrogens is 329 g/mol. The van der Waals surface area contributed by atoms with E-state index in [9.17, 15) is 9.18 Å². The predicted molar refractivity (Wildman–Crippen MR) is 99.6 cm³/mol. The van der Waals surface area contributed by atoms with Crippen molar-refractivity contribution in [3.8, 4) is 11.1 Å². The van der Waals surface area contributed by atoms with Gasteiger partial charge >= 0.3 is 5.97 Å². The molecule has 0 fully saturated rings. The first-order valence-electron chi connectivity index (χ1n) is 8.47. The van der Waals surface area contributed by atoms with E-state index in [1.54, 1.807) is 19.1 Å². The van der Waals surface area contributed by atoms with Gasteiger partial charge in [-0.05, 0) is 29.7 Å². The lowest BCUT2D eigenvalue weighted by Crippen LogP contribution is -2.23. The first-order valence-corrected chi connectivity index (χ1v) is 8.47. The lowest BCUT2D eigenvalue weighted by molar-refractivity contribution is -0.153. The summed E-state index contributed by atoms with van der Waals surface area (Å²) in [6, 6.07) is 23.8. The molecule has 0 heterocycles. The lowest BCUT2D eigenvalue weighted by Gasteiger charge is -2.13. The Labute approximate surface area is 152 Å². The highest BCUT2D eigenvalue weighted by Crippen LogP contribution is 2.26. The topological polar surface area (TPSA) is 38.3 Å². The molecule has 132 valence electrons. The first kappa shape index (κ1) is 17.8. The third kappa shape index (κ3) is 4.35. The lowest BCUT2D eigenvalue weighted by atomic mass is 9.97.